The standard InChI is InChI=1S/C18H17ClN4O/c19-13-6-7-16-15(12-13)17(24)21-18(20-16)23-10-8-22(9-11-23)14-4-2-1-3-5-14/h1-7,12H,8-11H2,(H,20,21,24). The van der Waals surface area contributed by atoms with E-state index in [1.807, 2.05) is 6.07 Å². The zero-order valence-electron chi connectivity index (χ0n) is 13.1. The van der Waals surface area contributed by atoms with Crippen LogP contribution in [-0.4, -0.2) is 36.1 Å². The van der Waals surface area contributed by atoms with E-state index >= 15 is 0 Å². The fourth-order valence-corrected chi connectivity index (χ4v) is 3.24. The highest BCUT2D eigenvalue weighted by atomic mass is 35.5. The first kappa shape index (κ1) is 15.0. The Bertz CT molecular complexity index is 917. The van der Waals surface area contributed by atoms with Crippen LogP contribution in [0.25, 0.3) is 10.9 Å². The van der Waals surface area contributed by atoms with Gasteiger partial charge in [0.25, 0.3) is 5.56 Å². The summed E-state index contributed by atoms with van der Waals surface area (Å²) in [6.07, 6.45) is 0. The van der Waals surface area contributed by atoms with Crippen molar-refractivity contribution in [2.75, 3.05) is 36.0 Å². The molecule has 0 saturated carbocycles. The van der Waals surface area contributed by atoms with Crippen LogP contribution in [0.2, 0.25) is 5.02 Å². The molecule has 6 heteroatoms. The first-order chi connectivity index (χ1) is 11.7. The minimum Gasteiger partial charge on any atom is -0.368 e. The number of rotatable bonds is 2. The van der Waals surface area contributed by atoms with Crippen LogP contribution in [0.1, 0.15) is 0 Å². The van der Waals surface area contributed by atoms with Gasteiger partial charge in [0, 0.05) is 36.9 Å². The molecule has 2 aromatic carbocycles. The summed E-state index contributed by atoms with van der Waals surface area (Å²) in [4.78, 5) is 24.2. The van der Waals surface area contributed by atoms with Gasteiger partial charge in [-0.3, -0.25) is 9.78 Å². The summed E-state index contributed by atoms with van der Waals surface area (Å²) in [5.41, 5.74) is 1.75. The summed E-state index contributed by atoms with van der Waals surface area (Å²) in [6, 6.07) is 15.6. The molecular weight excluding hydrogens is 324 g/mol. The summed E-state index contributed by atoms with van der Waals surface area (Å²) >= 11 is 5.96. The van der Waals surface area contributed by atoms with Gasteiger partial charge in [-0.1, -0.05) is 29.8 Å². The lowest BCUT2D eigenvalue weighted by molar-refractivity contribution is 0.640. The summed E-state index contributed by atoms with van der Waals surface area (Å²) in [7, 11) is 0. The van der Waals surface area contributed by atoms with Crippen LogP contribution in [0.3, 0.4) is 0 Å². The van der Waals surface area contributed by atoms with Crippen molar-refractivity contribution in [3.63, 3.8) is 0 Å². The lowest BCUT2D eigenvalue weighted by atomic mass is 10.2. The summed E-state index contributed by atoms with van der Waals surface area (Å²) in [6.45, 7) is 3.42. The number of nitrogens with one attached hydrogen (secondary N) is 1. The second-order valence-corrected chi connectivity index (χ2v) is 6.30. The Morgan fingerprint density at radius 3 is 2.42 bits per heavy atom. The molecule has 0 atom stereocenters. The maximum atomic E-state index is 12.3. The van der Waals surface area contributed by atoms with Gasteiger partial charge >= 0.3 is 0 Å². The first-order valence-electron chi connectivity index (χ1n) is 7.95. The molecule has 1 aliphatic rings. The van der Waals surface area contributed by atoms with E-state index in [9.17, 15) is 4.79 Å². The van der Waals surface area contributed by atoms with Crippen molar-refractivity contribution in [2.45, 2.75) is 0 Å². The zero-order valence-corrected chi connectivity index (χ0v) is 13.8. The van der Waals surface area contributed by atoms with Crippen molar-refractivity contribution in [1.29, 1.82) is 0 Å². The van der Waals surface area contributed by atoms with Gasteiger partial charge < -0.3 is 9.80 Å². The Labute approximate surface area is 144 Å². The Morgan fingerprint density at radius 1 is 0.958 bits per heavy atom. The molecule has 2 heterocycles. The minimum absolute atomic E-state index is 0.150. The van der Waals surface area contributed by atoms with Crippen molar-refractivity contribution >= 4 is 34.1 Å². The highest BCUT2D eigenvalue weighted by Gasteiger charge is 2.19. The van der Waals surface area contributed by atoms with E-state index in [0.29, 0.717) is 21.9 Å². The molecule has 0 amide bonds. The molecule has 0 aliphatic carbocycles. The number of hydrogen-bond acceptors (Lipinski definition) is 4. The maximum Gasteiger partial charge on any atom is 0.260 e. The van der Waals surface area contributed by atoms with Gasteiger partial charge in [0.1, 0.15) is 0 Å². The smallest absolute Gasteiger partial charge is 0.260 e. The van der Waals surface area contributed by atoms with Crippen LogP contribution < -0.4 is 15.4 Å². The van der Waals surface area contributed by atoms with E-state index < -0.39 is 0 Å². The molecule has 1 saturated heterocycles. The average Bonchev–Trinajstić information content (AvgIpc) is 2.63. The molecule has 122 valence electrons. The van der Waals surface area contributed by atoms with Gasteiger partial charge in [0.15, 0.2) is 0 Å². The van der Waals surface area contributed by atoms with Crippen LogP contribution in [-0.2, 0) is 0 Å². The lowest BCUT2D eigenvalue weighted by Crippen LogP contribution is -2.47. The Balaban J connectivity index is 1.56. The number of nitrogens with zero attached hydrogens (tertiary/aromatic N) is 3. The third-order valence-electron chi connectivity index (χ3n) is 4.36. The van der Waals surface area contributed by atoms with Crippen molar-refractivity contribution in [2.24, 2.45) is 0 Å². The number of H-pyrrole nitrogens is 1. The number of anilines is 2. The number of benzene rings is 2. The van der Waals surface area contributed by atoms with Crippen molar-refractivity contribution < 1.29 is 0 Å². The highest BCUT2D eigenvalue weighted by molar-refractivity contribution is 6.31. The third kappa shape index (κ3) is 2.83. The molecule has 3 aromatic rings. The topological polar surface area (TPSA) is 52.2 Å². The fourth-order valence-electron chi connectivity index (χ4n) is 3.06. The average molecular weight is 341 g/mol. The van der Waals surface area contributed by atoms with Crippen LogP contribution in [0.15, 0.2) is 53.3 Å². The molecule has 1 aromatic heterocycles. The highest BCUT2D eigenvalue weighted by Crippen LogP contribution is 2.20. The second kappa shape index (κ2) is 6.17. The molecule has 5 nitrogen and oxygen atoms in total. The van der Waals surface area contributed by atoms with E-state index in [4.69, 9.17) is 11.6 Å². The monoisotopic (exact) mass is 340 g/mol. The van der Waals surface area contributed by atoms with E-state index in [0.717, 1.165) is 26.2 Å². The van der Waals surface area contributed by atoms with E-state index in [2.05, 4.69) is 44.0 Å². The number of fused-ring (bicyclic) bond motifs is 1. The lowest BCUT2D eigenvalue weighted by Gasteiger charge is -2.36. The summed E-state index contributed by atoms with van der Waals surface area (Å²) in [5, 5.41) is 1.06. The molecule has 0 unspecified atom stereocenters. The van der Waals surface area contributed by atoms with Gasteiger partial charge in [0.2, 0.25) is 5.95 Å². The molecule has 1 fully saturated rings. The van der Waals surface area contributed by atoms with E-state index in [1.54, 1.807) is 18.2 Å². The zero-order chi connectivity index (χ0) is 16.5. The van der Waals surface area contributed by atoms with Crippen LogP contribution in [0, 0.1) is 0 Å². The molecule has 1 aliphatic heterocycles. The van der Waals surface area contributed by atoms with Crippen molar-refractivity contribution in [1.82, 2.24) is 9.97 Å². The molecule has 24 heavy (non-hydrogen) atoms. The third-order valence-corrected chi connectivity index (χ3v) is 4.59. The molecule has 0 bridgehead atoms. The van der Waals surface area contributed by atoms with Crippen molar-refractivity contribution in [3.05, 3.63) is 63.9 Å². The molecule has 1 N–H and O–H groups in total. The van der Waals surface area contributed by atoms with Gasteiger partial charge in [0.05, 0.1) is 10.9 Å². The van der Waals surface area contributed by atoms with Crippen LogP contribution in [0.5, 0.6) is 0 Å². The van der Waals surface area contributed by atoms with Gasteiger partial charge in [-0.15, -0.1) is 0 Å². The molecule has 4 rings (SSSR count). The van der Waals surface area contributed by atoms with E-state index in [1.165, 1.54) is 5.69 Å². The maximum absolute atomic E-state index is 12.3. The molecule has 0 spiro atoms. The normalized spacial score (nSPS) is 15.0. The predicted molar refractivity (Wildman–Crippen MR) is 98.2 cm³/mol. The Hall–Kier alpha value is -2.53. The van der Waals surface area contributed by atoms with Gasteiger partial charge in [-0.05, 0) is 30.3 Å². The Morgan fingerprint density at radius 2 is 1.67 bits per heavy atom. The summed E-state index contributed by atoms with van der Waals surface area (Å²) < 4.78 is 0. The minimum atomic E-state index is -0.150. The fraction of sp³-hybridized carbons (Fsp3) is 0.222. The number of piperazine rings is 1. The van der Waals surface area contributed by atoms with Crippen molar-refractivity contribution in [3.8, 4) is 0 Å². The predicted octanol–water partition coefficient (Wildman–Crippen LogP) is 2.90. The number of hydrogen-bond donors (Lipinski definition) is 1. The van der Waals surface area contributed by atoms with E-state index in [-0.39, 0.29) is 5.56 Å². The summed E-state index contributed by atoms with van der Waals surface area (Å²) in [5.74, 6) is 0.627. The number of aromatic amines is 1. The SMILES string of the molecule is O=c1[nH]c(N2CCN(c3ccccc3)CC2)nc2ccc(Cl)cc12. The van der Waals surface area contributed by atoms with Gasteiger partial charge in [-0.25, -0.2) is 4.98 Å². The van der Waals surface area contributed by atoms with Crippen LogP contribution >= 0.6 is 11.6 Å². The van der Waals surface area contributed by atoms with Crippen LogP contribution in [0.4, 0.5) is 11.6 Å². The number of halogens is 1. The Kier molecular flexibility index (Phi) is 3.86. The molecule has 0 radical (unpaired) electrons. The molecular formula is C18H17ClN4O. The quantitative estimate of drug-likeness (QED) is 0.779. The number of para-hydroxylation sites is 1. The largest absolute Gasteiger partial charge is 0.368 e. The second-order valence-electron chi connectivity index (χ2n) is 5.86. The van der Waals surface area contributed by atoms with Gasteiger partial charge in [-0.2, -0.15) is 0 Å². The first-order valence-corrected chi connectivity index (χ1v) is 8.33. The number of aromatic nitrogens is 2.